The molecule has 3 amide bonds. The van der Waals surface area contributed by atoms with Gasteiger partial charge in [0.15, 0.2) is 5.76 Å². The van der Waals surface area contributed by atoms with E-state index < -0.39 is 0 Å². The van der Waals surface area contributed by atoms with Gasteiger partial charge >= 0.3 is 6.03 Å². The summed E-state index contributed by atoms with van der Waals surface area (Å²) in [6.07, 6.45) is 3.57. The van der Waals surface area contributed by atoms with Crippen molar-refractivity contribution in [1.29, 1.82) is 0 Å². The molecule has 1 aromatic carbocycles. The molecule has 2 heterocycles. The summed E-state index contributed by atoms with van der Waals surface area (Å²) >= 11 is 0. The maximum atomic E-state index is 12.0. The Morgan fingerprint density at radius 3 is 2.69 bits per heavy atom. The van der Waals surface area contributed by atoms with Crippen LogP contribution in [0.4, 0.5) is 10.5 Å². The molecule has 26 heavy (non-hydrogen) atoms. The molecule has 138 valence electrons. The minimum atomic E-state index is -0.302. The molecule has 1 aliphatic heterocycles. The molecule has 1 fully saturated rings. The highest BCUT2D eigenvalue weighted by atomic mass is 16.5. The first-order chi connectivity index (χ1) is 12.6. The Morgan fingerprint density at radius 2 is 2.04 bits per heavy atom. The number of hydrogen-bond donors (Lipinski definition) is 3. The van der Waals surface area contributed by atoms with Crippen LogP contribution < -0.4 is 16.0 Å². The van der Waals surface area contributed by atoms with E-state index in [0.29, 0.717) is 12.2 Å². The topological polar surface area (TPSA) is 92.6 Å². The lowest BCUT2D eigenvalue weighted by molar-refractivity contribution is 0.0860. The normalized spacial score (nSPS) is 17.5. The average Bonchev–Trinajstić information content (AvgIpc) is 3.34. The first-order valence-corrected chi connectivity index (χ1v) is 8.71. The van der Waals surface area contributed by atoms with Gasteiger partial charge in [-0.05, 0) is 49.6 Å². The Bertz CT molecular complexity index is 722. The zero-order valence-corrected chi connectivity index (χ0v) is 14.7. The van der Waals surface area contributed by atoms with Crippen LogP contribution in [0.15, 0.2) is 47.1 Å². The largest absolute Gasteiger partial charge is 0.459 e. The Labute approximate surface area is 152 Å². The standard InChI is InChI=1S/C19H23N3O4/c1-13(16-4-2-10-25-16)21-19(24)20-12-14-6-8-15(9-7-14)22-18(23)17-5-3-11-26-17/h3,5-9,11,13,16H,2,4,10,12H2,1H3,(H,22,23)(H2,20,21,24)/t13-,16+/m0/s1. The van der Waals surface area contributed by atoms with Crippen LogP contribution in [-0.2, 0) is 11.3 Å². The van der Waals surface area contributed by atoms with Crippen molar-refractivity contribution in [2.75, 3.05) is 11.9 Å². The summed E-state index contributed by atoms with van der Waals surface area (Å²) in [5, 5.41) is 8.48. The van der Waals surface area contributed by atoms with Crippen molar-refractivity contribution in [3.63, 3.8) is 0 Å². The summed E-state index contributed by atoms with van der Waals surface area (Å²) in [6, 6.07) is 10.3. The number of carbonyl (C=O) groups excluding carboxylic acids is 2. The molecule has 1 aliphatic rings. The van der Waals surface area contributed by atoms with E-state index in [1.165, 1.54) is 6.26 Å². The molecule has 0 spiro atoms. The van der Waals surface area contributed by atoms with E-state index in [0.717, 1.165) is 25.0 Å². The van der Waals surface area contributed by atoms with Crippen LogP contribution in [0.5, 0.6) is 0 Å². The Hall–Kier alpha value is -2.80. The molecule has 2 aromatic rings. The highest BCUT2D eigenvalue weighted by molar-refractivity contribution is 6.02. The van der Waals surface area contributed by atoms with Crippen LogP contribution in [-0.4, -0.2) is 30.7 Å². The van der Waals surface area contributed by atoms with Crippen molar-refractivity contribution in [1.82, 2.24) is 10.6 Å². The van der Waals surface area contributed by atoms with Crippen molar-refractivity contribution in [2.24, 2.45) is 0 Å². The maximum Gasteiger partial charge on any atom is 0.315 e. The van der Waals surface area contributed by atoms with E-state index in [-0.39, 0.29) is 29.8 Å². The Kier molecular flexibility index (Phi) is 5.91. The quantitative estimate of drug-likeness (QED) is 0.741. The molecule has 7 heteroatoms. The SMILES string of the molecule is C[C@H](NC(=O)NCc1ccc(NC(=O)c2ccco2)cc1)[C@H]1CCCO1. The molecule has 0 radical (unpaired) electrons. The third-order valence-electron chi connectivity index (χ3n) is 4.29. The van der Waals surface area contributed by atoms with Crippen molar-refractivity contribution < 1.29 is 18.7 Å². The van der Waals surface area contributed by atoms with Gasteiger partial charge < -0.3 is 25.1 Å². The first-order valence-electron chi connectivity index (χ1n) is 8.71. The lowest BCUT2D eigenvalue weighted by atomic mass is 10.1. The van der Waals surface area contributed by atoms with Crippen LogP contribution in [0, 0.1) is 0 Å². The first kappa shape index (κ1) is 18.0. The second-order valence-corrected chi connectivity index (χ2v) is 6.30. The molecule has 7 nitrogen and oxygen atoms in total. The van der Waals surface area contributed by atoms with Gasteiger partial charge in [0.25, 0.3) is 5.91 Å². The summed E-state index contributed by atoms with van der Waals surface area (Å²) in [6.45, 7) is 3.11. The Balaban J connectivity index is 1.43. The predicted molar refractivity (Wildman–Crippen MR) is 96.9 cm³/mol. The zero-order valence-electron chi connectivity index (χ0n) is 14.7. The molecule has 0 saturated carbocycles. The molecular formula is C19H23N3O4. The molecule has 3 N–H and O–H groups in total. The minimum absolute atomic E-state index is 0.0170. The van der Waals surface area contributed by atoms with Gasteiger partial charge in [-0.25, -0.2) is 4.79 Å². The van der Waals surface area contributed by atoms with Gasteiger partial charge in [-0.1, -0.05) is 12.1 Å². The number of furan rings is 1. The zero-order chi connectivity index (χ0) is 18.4. The second kappa shape index (κ2) is 8.53. The van der Waals surface area contributed by atoms with Crippen LogP contribution in [0.25, 0.3) is 0 Å². The van der Waals surface area contributed by atoms with Gasteiger partial charge in [-0.15, -0.1) is 0 Å². The van der Waals surface area contributed by atoms with Crippen LogP contribution in [0.3, 0.4) is 0 Å². The molecule has 0 bridgehead atoms. The molecule has 1 aromatic heterocycles. The van der Waals surface area contributed by atoms with E-state index in [9.17, 15) is 9.59 Å². The second-order valence-electron chi connectivity index (χ2n) is 6.30. The number of nitrogens with one attached hydrogen (secondary N) is 3. The molecule has 0 aliphatic carbocycles. The van der Waals surface area contributed by atoms with Gasteiger partial charge in [0.1, 0.15) is 0 Å². The lowest BCUT2D eigenvalue weighted by Gasteiger charge is -2.20. The van der Waals surface area contributed by atoms with E-state index in [2.05, 4.69) is 16.0 Å². The van der Waals surface area contributed by atoms with Gasteiger partial charge in [-0.3, -0.25) is 4.79 Å². The van der Waals surface area contributed by atoms with E-state index >= 15 is 0 Å². The summed E-state index contributed by atoms with van der Waals surface area (Å²) in [4.78, 5) is 23.9. The highest BCUT2D eigenvalue weighted by Crippen LogP contribution is 2.15. The van der Waals surface area contributed by atoms with E-state index in [1.807, 2.05) is 19.1 Å². The molecule has 3 rings (SSSR count). The Morgan fingerprint density at radius 1 is 1.23 bits per heavy atom. The lowest BCUT2D eigenvalue weighted by Crippen LogP contribution is -2.45. The van der Waals surface area contributed by atoms with Crippen molar-refractivity contribution >= 4 is 17.6 Å². The smallest absolute Gasteiger partial charge is 0.315 e. The van der Waals surface area contributed by atoms with Crippen LogP contribution in [0.1, 0.15) is 35.9 Å². The average molecular weight is 357 g/mol. The number of anilines is 1. The fourth-order valence-electron chi connectivity index (χ4n) is 2.84. The van der Waals surface area contributed by atoms with Gasteiger partial charge in [0.2, 0.25) is 0 Å². The number of benzene rings is 1. The van der Waals surface area contributed by atoms with Crippen molar-refractivity contribution in [3.8, 4) is 0 Å². The number of rotatable bonds is 6. The highest BCUT2D eigenvalue weighted by Gasteiger charge is 2.23. The number of hydrogen-bond acceptors (Lipinski definition) is 4. The number of ether oxygens (including phenoxy) is 1. The molecular weight excluding hydrogens is 334 g/mol. The predicted octanol–water partition coefficient (Wildman–Crippen LogP) is 2.90. The monoisotopic (exact) mass is 357 g/mol. The van der Waals surface area contributed by atoms with Crippen molar-refractivity contribution in [3.05, 3.63) is 54.0 Å². The molecule has 1 saturated heterocycles. The summed E-state index contributed by atoms with van der Waals surface area (Å²) in [5.74, 6) is -0.0452. The van der Waals surface area contributed by atoms with Gasteiger partial charge in [-0.2, -0.15) is 0 Å². The van der Waals surface area contributed by atoms with E-state index in [1.54, 1.807) is 24.3 Å². The van der Waals surface area contributed by atoms with Crippen LogP contribution in [0.2, 0.25) is 0 Å². The molecule has 2 atom stereocenters. The fourth-order valence-corrected chi connectivity index (χ4v) is 2.84. The fraction of sp³-hybridized carbons (Fsp3) is 0.368. The van der Waals surface area contributed by atoms with Gasteiger partial charge in [0, 0.05) is 18.8 Å². The number of carbonyl (C=O) groups is 2. The number of amides is 3. The summed E-state index contributed by atoms with van der Waals surface area (Å²) in [7, 11) is 0. The minimum Gasteiger partial charge on any atom is -0.459 e. The van der Waals surface area contributed by atoms with Gasteiger partial charge in [0.05, 0.1) is 18.4 Å². The third-order valence-corrected chi connectivity index (χ3v) is 4.29. The van der Waals surface area contributed by atoms with Crippen molar-refractivity contribution in [2.45, 2.75) is 38.5 Å². The summed E-state index contributed by atoms with van der Waals surface area (Å²) < 4.78 is 10.6. The maximum absolute atomic E-state index is 12.0. The van der Waals surface area contributed by atoms with Crippen LogP contribution >= 0.6 is 0 Å². The van der Waals surface area contributed by atoms with E-state index in [4.69, 9.17) is 9.15 Å². The number of urea groups is 1. The summed E-state index contributed by atoms with van der Waals surface area (Å²) in [5.41, 5.74) is 1.59. The third kappa shape index (κ3) is 4.86. The molecule has 0 unspecified atom stereocenters.